The minimum atomic E-state index is -0.244. The van der Waals surface area contributed by atoms with Crippen LogP contribution in [-0.4, -0.2) is 48.8 Å². The molecule has 0 fully saturated rings. The van der Waals surface area contributed by atoms with E-state index in [-0.39, 0.29) is 20.1 Å². The van der Waals surface area contributed by atoms with E-state index >= 15 is 0 Å². The molecule has 4 aromatic heterocycles. The number of para-hydroxylation sites is 6. The van der Waals surface area contributed by atoms with E-state index in [2.05, 4.69) is 540 Å². The lowest BCUT2D eigenvalue weighted by molar-refractivity contribution is 1.07. The van der Waals surface area contributed by atoms with Crippen LogP contribution in [0.2, 0.25) is 0 Å². The summed E-state index contributed by atoms with van der Waals surface area (Å²) in [7, 11) is 0. The van der Waals surface area contributed by atoms with Crippen molar-refractivity contribution in [3.63, 3.8) is 0 Å². The molecule has 21 aromatic carbocycles. The topological polar surface area (TPSA) is 72.9 Å². The van der Waals surface area contributed by atoms with Crippen LogP contribution in [0.5, 0.6) is 0 Å². The first-order valence-corrected chi connectivity index (χ1v) is 52.0. The Labute approximate surface area is 870 Å². The van der Waals surface area contributed by atoms with E-state index < -0.39 is 0 Å². The summed E-state index contributed by atoms with van der Waals surface area (Å²) >= 11 is 0. The van der Waals surface area contributed by atoms with Crippen molar-refractivity contribution in [2.24, 2.45) is 0 Å². The molecule has 25 aromatic rings. The molecule has 0 spiro atoms. The number of rotatable bonds is 12. The molecule has 10 heterocycles. The van der Waals surface area contributed by atoms with Crippen LogP contribution in [0.15, 0.2) is 455 Å². The lowest BCUT2D eigenvalue weighted by atomic mass is 9.33. The van der Waals surface area contributed by atoms with Crippen LogP contribution in [0.3, 0.4) is 0 Å². The second-order valence-corrected chi connectivity index (χ2v) is 41.4. The van der Waals surface area contributed by atoms with Crippen molar-refractivity contribution in [1.29, 1.82) is 0 Å². The molecule has 0 radical (unpaired) electrons. The number of fused-ring (bicyclic) bond motifs is 21. The fourth-order valence-electron chi connectivity index (χ4n) is 26.0. The normalized spacial score (nSPS) is 13.3. The number of anilines is 18. The van der Waals surface area contributed by atoms with Gasteiger partial charge in [0.15, 0.2) is 17.5 Å². The zero-order chi connectivity index (χ0) is 99.3. The molecule has 12 nitrogen and oxygen atoms in total. The summed E-state index contributed by atoms with van der Waals surface area (Å²) in [6, 6.07) is 171. The first-order chi connectivity index (χ1) is 73.9. The molecule has 15 heteroatoms. The van der Waals surface area contributed by atoms with Crippen molar-refractivity contribution in [3.8, 4) is 51.2 Å². The van der Waals surface area contributed by atoms with Gasteiger partial charge in [-0.1, -0.05) is 252 Å². The first-order valence-electron chi connectivity index (χ1n) is 52.0. The van der Waals surface area contributed by atoms with Gasteiger partial charge in [0.1, 0.15) is 0 Å². The van der Waals surface area contributed by atoms with Gasteiger partial charge in [-0.3, -0.25) is 0 Å². The van der Waals surface area contributed by atoms with Gasteiger partial charge in [-0.25, -0.2) is 15.0 Å². The molecule has 6 aliphatic heterocycles. The third-order valence-corrected chi connectivity index (χ3v) is 32.6. The van der Waals surface area contributed by atoms with Crippen LogP contribution in [0.4, 0.5) is 102 Å². The molecule has 0 unspecified atom stereocenters. The maximum atomic E-state index is 6.07. The smallest absolute Gasteiger partial charge is 0.252 e. The van der Waals surface area contributed by atoms with Gasteiger partial charge < -0.3 is 43.1 Å². The van der Waals surface area contributed by atoms with Crippen LogP contribution < -0.4 is 78.6 Å². The van der Waals surface area contributed by atoms with E-state index in [0.717, 1.165) is 186 Å². The van der Waals surface area contributed by atoms with Crippen LogP contribution in [-0.2, 0) is 0 Å². The molecular formula is C135H93B3N12. The van der Waals surface area contributed by atoms with Crippen molar-refractivity contribution in [2.75, 3.05) is 29.4 Å². The Bertz CT molecular complexity index is 8970. The second kappa shape index (κ2) is 32.8. The standard InChI is InChI=1S/C135H93B3N12/c1-82-40-52-91(53-41-82)145-118-70-46-85(4)76-106(118)136-109-79-88(49-73-121(109)148(127-37-19-34-124(145)130(127)136)97-64-58-94(59-65-97)142-112-28-13-7-22-100(112)101-23-8-14-29-113(101)142)133-139-134(89-50-74-122-110(80-89)137-107-77-86(5)47-71-119(107)146(92-54-42-83(2)43-55-92)125-35-20-38-128(131(125)137)149(122)98-66-60-95(61-67-98)143-114-30-15-9-24-102(114)103-25-10-16-31-115(103)143)141-135(140-133)90-51-75-123-111(81-90)138-108-78-87(6)48-72-120(108)147(93-56-44-84(3)45-57-93)126-36-21-39-129(132(126)138)150(123)99-68-62-96(63-69-99)144-116-32-17-11-26-104(116)105-27-12-18-33-117(105)144/h7-81H,1-6H3. The van der Waals surface area contributed by atoms with E-state index in [1.54, 1.807) is 0 Å². The number of hydrogen-bond donors (Lipinski definition) is 0. The van der Waals surface area contributed by atoms with Crippen molar-refractivity contribution in [1.82, 2.24) is 28.7 Å². The van der Waals surface area contributed by atoms with Gasteiger partial charge in [-0.05, 0) is 327 Å². The zero-order valence-corrected chi connectivity index (χ0v) is 83.4. The molecule has 31 rings (SSSR count). The van der Waals surface area contributed by atoms with Crippen LogP contribution >= 0.6 is 0 Å². The molecule has 702 valence electrons. The number of hydrogen-bond acceptors (Lipinski definition) is 9. The number of aromatic nitrogens is 6. The van der Waals surface area contributed by atoms with Gasteiger partial charge in [0.05, 0.1) is 33.1 Å². The average molecular weight is 1920 g/mol. The monoisotopic (exact) mass is 1910 g/mol. The number of nitrogens with zero attached hydrogens (tertiary/aromatic N) is 12. The van der Waals surface area contributed by atoms with Crippen molar-refractivity contribution in [2.45, 2.75) is 41.5 Å². The van der Waals surface area contributed by atoms with Crippen molar-refractivity contribution in [3.05, 3.63) is 488 Å². The summed E-state index contributed by atoms with van der Waals surface area (Å²) < 4.78 is 7.24. The fourth-order valence-corrected chi connectivity index (χ4v) is 26.0. The first kappa shape index (κ1) is 85.4. The molecule has 0 N–H and O–H groups in total. The van der Waals surface area contributed by atoms with Crippen molar-refractivity contribution >= 4 is 237 Å². The lowest BCUT2D eigenvalue weighted by Crippen LogP contribution is -2.61. The zero-order valence-electron chi connectivity index (χ0n) is 83.4. The van der Waals surface area contributed by atoms with Gasteiger partial charge in [0.2, 0.25) is 0 Å². The Balaban J connectivity index is 0.639. The summed E-state index contributed by atoms with van der Waals surface area (Å²) in [6.07, 6.45) is 0. The predicted octanol–water partition coefficient (Wildman–Crippen LogP) is 28.3. The molecule has 0 amide bonds. The SMILES string of the molecule is Cc1ccc(N2c3ccc(C)cc3B3c4cc(-c5nc(-c6ccc7c(c6)B6c8cc(C)ccc8N(c8ccc(C)cc8)c8cccc(c86)N7c6ccc(-n7c8ccccc8c8ccccc87)cc6)nc(-c6ccc7c(c6)B6c8cc(C)ccc8N(c8ccc(C)cc8)c8cccc(c86)N7c6ccc(-n7c8ccccc8c8ccccc87)cc6)n5)ccc4N(c4ccc(-n5c6ccccc6c6ccccc65)cc4)c4cccc2c43)cc1. The quantitative estimate of drug-likeness (QED) is 0.111. The van der Waals surface area contributed by atoms with Gasteiger partial charge in [0, 0.05) is 168 Å². The molecule has 0 atom stereocenters. The Morgan fingerprint density at radius 2 is 0.333 bits per heavy atom. The fraction of sp³-hybridized carbons (Fsp3) is 0.0444. The maximum Gasteiger partial charge on any atom is 0.252 e. The summed E-state index contributed by atoms with van der Waals surface area (Å²) in [5.74, 6) is 1.64. The van der Waals surface area contributed by atoms with Gasteiger partial charge in [-0.15, -0.1) is 0 Å². The van der Waals surface area contributed by atoms with Crippen molar-refractivity contribution < 1.29 is 0 Å². The molecule has 0 bridgehead atoms. The Hall–Kier alpha value is -19.0. The predicted molar refractivity (Wildman–Crippen MR) is 630 cm³/mol. The van der Waals surface area contributed by atoms with Gasteiger partial charge in [0.25, 0.3) is 20.1 Å². The summed E-state index contributed by atoms with van der Waals surface area (Å²) in [4.78, 5) is 33.2. The number of aryl methyl sites for hydroxylation is 6. The molecule has 0 aliphatic carbocycles. The second-order valence-electron chi connectivity index (χ2n) is 41.4. The highest BCUT2D eigenvalue weighted by Gasteiger charge is 2.49. The highest BCUT2D eigenvalue weighted by Crippen LogP contribution is 2.52. The molecule has 0 saturated carbocycles. The Kier molecular flexibility index (Phi) is 18.7. The summed E-state index contributed by atoms with van der Waals surface area (Å²) in [6.45, 7) is 12.5. The molecular weight excluding hydrogens is 1820 g/mol. The number of benzene rings is 21. The minimum Gasteiger partial charge on any atom is -0.311 e. The molecule has 6 aliphatic rings. The molecule has 0 saturated heterocycles. The van der Waals surface area contributed by atoms with Gasteiger partial charge in [-0.2, -0.15) is 0 Å². The van der Waals surface area contributed by atoms with Crippen LogP contribution in [0.25, 0.3) is 117 Å². The third-order valence-electron chi connectivity index (χ3n) is 32.6. The lowest BCUT2D eigenvalue weighted by Gasteiger charge is -2.44. The largest absolute Gasteiger partial charge is 0.311 e. The van der Waals surface area contributed by atoms with E-state index in [1.165, 1.54) is 98.5 Å². The Morgan fingerprint density at radius 1 is 0.153 bits per heavy atom. The highest BCUT2D eigenvalue weighted by atomic mass is 15.2. The molecule has 150 heavy (non-hydrogen) atoms. The maximum absolute atomic E-state index is 6.07. The summed E-state index contributed by atoms with van der Waals surface area (Å²) in [5, 5.41) is 7.34. The summed E-state index contributed by atoms with van der Waals surface area (Å²) in [5.41, 5.74) is 50.3. The Morgan fingerprint density at radius 3 is 0.553 bits per heavy atom. The van der Waals surface area contributed by atoms with E-state index in [1.807, 2.05) is 0 Å². The van der Waals surface area contributed by atoms with Crippen LogP contribution in [0.1, 0.15) is 33.4 Å². The average Bonchev–Trinajstić information content (AvgIpc) is 1.04. The van der Waals surface area contributed by atoms with Gasteiger partial charge >= 0.3 is 0 Å². The van der Waals surface area contributed by atoms with E-state index in [0.29, 0.717) is 17.5 Å². The van der Waals surface area contributed by atoms with Crippen LogP contribution in [0, 0.1) is 41.5 Å². The van der Waals surface area contributed by atoms with E-state index in [4.69, 9.17) is 15.0 Å². The van der Waals surface area contributed by atoms with E-state index in [9.17, 15) is 0 Å². The minimum absolute atomic E-state index is 0.244. The highest BCUT2D eigenvalue weighted by molar-refractivity contribution is 7.02. The third kappa shape index (κ3) is 12.8.